The van der Waals surface area contributed by atoms with Crippen molar-refractivity contribution in [2.45, 2.75) is 33.2 Å². The van der Waals surface area contributed by atoms with Gasteiger partial charge in [-0.15, -0.1) is 18.3 Å². The van der Waals surface area contributed by atoms with Gasteiger partial charge in [0.15, 0.2) is 0 Å². The summed E-state index contributed by atoms with van der Waals surface area (Å²) >= 11 is 0. The Labute approximate surface area is 175 Å². The second-order valence-electron chi connectivity index (χ2n) is 6.42. The summed E-state index contributed by atoms with van der Waals surface area (Å²) in [6.45, 7) is 4.08. The summed E-state index contributed by atoms with van der Waals surface area (Å²) in [4.78, 5) is 12.8. The predicted octanol–water partition coefficient (Wildman–Crippen LogP) is 3.53. The molecule has 0 atom stereocenters. The molecule has 0 aliphatic heterocycles. The van der Waals surface area contributed by atoms with E-state index in [1.165, 1.54) is 12.1 Å². The largest absolute Gasteiger partial charge is 0.573 e. The minimum atomic E-state index is -4.76. The average Bonchev–Trinajstić information content (AvgIpc) is 3.34. The van der Waals surface area contributed by atoms with Gasteiger partial charge in [-0.3, -0.25) is 4.99 Å². The summed E-state index contributed by atoms with van der Waals surface area (Å²) < 4.78 is 47.5. The SMILES string of the molecule is CCC(N)=CC(Cn1nc(-c2nc(-c3ccc(OC(F)(F)F)cc3)no2)nc1C)=NC. The molecule has 0 saturated heterocycles. The lowest BCUT2D eigenvalue weighted by Gasteiger charge is -2.08. The molecule has 0 bridgehead atoms. The van der Waals surface area contributed by atoms with E-state index < -0.39 is 6.36 Å². The second-order valence-corrected chi connectivity index (χ2v) is 6.42. The van der Waals surface area contributed by atoms with Crippen LogP contribution in [-0.2, 0) is 6.54 Å². The molecule has 12 heteroatoms. The van der Waals surface area contributed by atoms with Gasteiger partial charge in [0, 0.05) is 18.3 Å². The van der Waals surface area contributed by atoms with Crippen LogP contribution in [0, 0.1) is 6.92 Å². The van der Waals surface area contributed by atoms with Crippen LogP contribution >= 0.6 is 0 Å². The highest BCUT2D eigenvalue weighted by Crippen LogP contribution is 2.26. The number of allylic oxidation sites excluding steroid dienone is 2. The molecule has 0 aliphatic carbocycles. The first kappa shape index (κ1) is 22.0. The molecule has 164 valence electrons. The van der Waals surface area contributed by atoms with Crippen LogP contribution < -0.4 is 10.5 Å². The number of aromatic nitrogens is 5. The Morgan fingerprint density at radius 3 is 2.55 bits per heavy atom. The van der Waals surface area contributed by atoms with Gasteiger partial charge in [-0.05, 0) is 43.7 Å². The van der Waals surface area contributed by atoms with Crippen molar-refractivity contribution in [3.05, 3.63) is 41.9 Å². The molecule has 3 aromatic rings. The van der Waals surface area contributed by atoms with Gasteiger partial charge in [-0.25, -0.2) is 9.67 Å². The van der Waals surface area contributed by atoms with Gasteiger partial charge in [0.1, 0.15) is 11.6 Å². The molecule has 2 heterocycles. The van der Waals surface area contributed by atoms with E-state index in [0.717, 1.165) is 17.8 Å². The van der Waals surface area contributed by atoms with E-state index >= 15 is 0 Å². The molecule has 0 radical (unpaired) electrons. The predicted molar refractivity (Wildman–Crippen MR) is 106 cm³/mol. The van der Waals surface area contributed by atoms with E-state index in [1.807, 2.05) is 6.92 Å². The summed E-state index contributed by atoms with van der Waals surface area (Å²) in [7, 11) is 1.66. The number of hydrogen-bond donors (Lipinski definition) is 1. The van der Waals surface area contributed by atoms with Crippen LogP contribution in [0.2, 0.25) is 0 Å². The third-order valence-corrected chi connectivity index (χ3v) is 4.18. The fourth-order valence-electron chi connectivity index (χ4n) is 2.55. The van der Waals surface area contributed by atoms with Gasteiger partial charge in [-0.2, -0.15) is 4.98 Å². The number of halogens is 3. The molecular formula is C19H20F3N7O2. The number of alkyl halides is 3. The zero-order chi connectivity index (χ0) is 22.6. The summed E-state index contributed by atoms with van der Waals surface area (Å²) in [5.41, 5.74) is 7.75. The van der Waals surface area contributed by atoms with Gasteiger partial charge in [0.2, 0.25) is 11.6 Å². The average molecular weight is 435 g/mol. The molecule has 0 unspecified atom stereocenters. The summed E-state index contributed by atoms with van der Waals surface area (Å²) in [5, 5.41) is 8.22. The number of nitrogens with zero attached hydrogens (tertiary/aromatic N) is 6. The minimum absolute atomic E-state index is 0.0751. The van der Waals surface area contributed by atoms with E-state index in [0.29, 0.717) is 30.1 Å². The lowest BCUT2D eigenvalue weighted by Crippen LogP contribution is -2.16. The lowest BCUT2D eigenvalue weighted by molar-refractivity contribution is -0.274. The number of hydrogen-bond acceptors (Lipinski definition) is 8. The molecule has 31 heavy (non-hydrogen) atoms. The van der Waals surface area contributed by atoms with Crippen LogP contribution in [0.25, 0.3) is 23.1 Å². The maximum atomic E-state index is 12.3. The van der Waals surface area contributed by atoms with Crippen molar-refractivity contribution in [2.75, 3.05) is 7.05 Å². The quantitative estimate of drug-likeness (QED) is 0.564. The lowest BCUT2D eigenvalue weighted by atomic mass is 10.2. The first-order valence-corrected chi connectivity index (χ1v) is 9.22. The van der Waals surface area contributed by atoms with Crippen molar-refractivity contribution in [1.29, 1.82) is 0 Å². The maximum absolute atomic E-state index is 12.3. The Kier molecular flexibility index (Phi) is 6.37. The molecular weight excluding hydrogens is 415 g/mol. The van der Waals surface area contributed by atoms with E-state index in [2.05, 4.69) is 30.0 Å². The molecule has 2 aromatic heterocycles. The summed E-state index contributed by atoms with van der Waals surface area (Å²) in [6.07, 6.45) is -2.27. The topological polar surface area (TPSA) is 117 Å². The molecule has 0 fully saturated rings. The molecule has 0 aliphatic rings. The Morgan fingerprint density at radius 1 is 1.23 bits per heavy atom. The van der Waals surface area contributed by atoms with Gasteiger partial charge in [0.05, 0.1) is 12.3 Å². The van der Waals surface area contributed by atoms with Crippen LogP contribution in [-0.4, -0.2) is 44.0 Å². The fraction of sp³-hybridized carbons (Fsp3) is 0.316. The standard InChI is InChI=1S/C19H20F3N7O2/c1-4-13(23)9-14(24-3)10-29-11(2)25-17(27-29)18-26-16(28-31-18)12-5-7-15(8-6-12)30-19(20,21)22/h5-9H,4,10,23H2,1-3H3. The van der Waals surface area contributed by atoms with Gasteiger partial charge in [-0.1, -0.05) is 12.1 Å². The minimum Gasteiger partial charge on any atom is -0.406 e. The van der Waals surface area contributed by atoms with Crippen LogP contribution in [0.5, 0.6) is 5.75 Å². The monoisotopic (exact) mass is 435 g/mol. The van der Waals surface area contributed by atoms with Gasteiger partial charge < -0.3 is 15.0 Å². The molecule has 2 N–H and O–H groups in total. The van der Waals surface area contributed by atoms with Crippen LogP contribution in [0.3, 0.4) is 0 Å². The molecule has 3 rings (SSSR count). The molecule has 0 saturated carbocycles. The highest BCUT2D eigenvalue weighted by Gasteiger charge is 2.31. The number of nitrogens with two attached hydrogens (primary N) is 1. The van der Waals surface area contributed by atoms with E-state index in [-0.39, 0.29) is 23.3 Å². The smallest absolute Gasteiger partial charge is 0.406 e. The van der Waals surface area contributed by atoms with Crippen molar-refractivity contribution in [2.24, 2.45) is 10.7 Å². The van der Waals surface area contributed by atoms with Crippen LogP contribution in [0.1, 0.15) is 19.2 Å². The van der Waals surface area contributed by atoms with Crippen LogP contribution in [0.15, 0.2) is 45.6 Å². The number of aryl methyl sites for hydroxylation is 1. The van der Waals surface area contributed by atoms with Crippen molar-refractivity contribution in [3.8, 4) is 28.9 Å². The van der Waals surface area contributed by atoms with Gasteiger partial charge >= 0.3 is 6.36 Å². The first-order valence-electron chi connectivity index (χ1n) is 9.22. The first-order chi connectivity index (χ1) is 14.7. The van der Waals surface area contributed by atoms with Crippen molar-refractivity contribution in [3.63, 3.8) is 0 Å². The summed E-state index contributed by atoms with van der Waals surface area (Å²) in [6, 6.07) is 5.11. The second kappa shape index (κ2) is 8.98. The number of aliphatic imine (C=N–C) groups is 1. The molecule has 0 amide bonds. The highest BCUT2D eigenvalue weighted by atomic mass is 19.4. The van der Waals surface area contributed by atoms with Crippen LogP contribution in [0.4, 0.5) is 13.2 Å². The Balaban J connectivity index is 1.78. The number of rotatable bonds is 7. The third-order valence-electron chi connectivity index (χ3n) is 4.18. The zero-order valence-electron chi connectivity index (χ0n) is 17.0. The molecule has 9 nitrogen and oxygen atoms in total. The van der Waals surface area contributed by atoms with E-state index in [9.17, 15) is 13.2 Å². The number of benzene rings is 1. The Bertz CT molecular complexity index is 1100. The van der Waals surface area contributed by atoms with Crippen molar-refractivity contribution in [1.82, 2.24) is 24.9 Å². The molecule has 0 spiro atoms. The van der Waals surface area contributed by atoms with E-state index in [4.69, 9.17) is 10.3 Å². The van der Waals surface area contributed by atoms with Crippen molar-refractivity contribution >= 4 is 5.71 Å². The van der Waals surface area contributed by atoms with Gasteiger partial charge in [0.25, 0.3) is 5.89 Å². The maximum Gasteiger partial charge on any atom is 0.573 e. The fourth-order valence-corrected chi connectivity index (χ4v) is 2.55. The summed E-state index contributed by atoms with van der Waals surface area (Å²) in [5.74, 6) is 0.731. The van der Waals surface area contributed by atoms with Crippen molar-refractivity contribution < 1.29 is 22.4 Å². The third kappa shape index (κ3) is 5.68. The molecule has 1 aromatic carbocycles. The Hall–Kier alpha value is -3.70. The van der Waals surface area contributed by atoms with E-state index in [1.54, 1.807) is 24.7 Å². The normalized spacial score (nSPS) is 13.0. The number of ether oxygens (including phenoxy) is 1. The zero-order valence-corrected chi connectivity index (χ0v) is 17.0. The Morgan fingerprint density at radius 2 is 1.94 bits per heavy atom. The highest BCUT2D eigenvalue weighted by molar-refractivity contribution is 5.95.